The molecule has 2 saturated heterocycles. The van der Waals surface area contributed by atoms with Crippen LogP contribution in [0.1, 0.15) is 24.1 Å². The lowest BCUT2D eigenvalue weighted by Gasteiger charge is -2.29. The third-order valence-corrected chi connectivity index (χ3v) is 8.03. The van der Waals surface area contributed by atoms with Crippen LogP contribution in [0.15, 0.2) is 30.6 Å². The van der Waals surface area contributed by atoms with E-state index in [0.29, 0.717) is 48.8 Å². The monoisotopic (exact) mass is 681 g/mol. The van der Waals surface area contributed by atoms with Crippen LogP contribution in [0, 0.1) is 16.4 Å². The molecule has 2 aliphatic rings. The first-order valence-electron chi connectivity index (χ1n) is 12.6. The van der Waals surface area contributed by atoms with E-state index in [2.05, 4.69) is 32.9 Å². The minimum atomic E-state index is -4.61. The Morgan fingerprint density at radius 2 is 1.82 bits per heavy atom. The van der Waals surface area contributed by atoms with Crippen LogP contribution in [0.2, 0.25) is 0 Å². The fourth-order valence-electron chi connectivity index (χ4n) is 5.19. The molecule has 216 valence electrons. The van der Waals surface area contributed by atoms with Crippen LogP contribution in [0.25, 0.3) is 16.8 Å². The molecule has 0 bridgehead atoms. The van der Waals surface area contributed by atoms with Gasteiger partial charge in [0.1, 0.15) is 0 Å². The minimum Gasteiger partial charge on any atom is -0.378 e. The maximum absolute atomic E-state index is 13.5. The van der Waals surface area contributed by atoms with Crippen LogP contribution in [0.5, 0.6) is 0 Å². The van der Waals surface area contributed by atoms with E-state index in [0.717, 1.165) is 15.3 Å². The van der Waals surface area contributed by atoms with Crippen molar-refractivity contribution in [3.05, 3.63) is 45.4 Å². The van der Waals surface area contributed by atoms with Gasteiger partial charge in [-0.3, -0.25) is 0 Å². The normalized spacial score (nSPS) is 18.6. The number of aryl methyl sites for hydroxylation is 1. The number of nitrogens with zero attached hydrogens (tertiary/aromatic N) is 4. The van der Waals surface area contributed by atoms with Crippen molar-refractivity contribution >= 4 is 45.6 Å². The van der Waals surface area contributed by atoms with Crippen molar-refractivity contribution in [2.24, 2.45) is 5.92 Å². The third-order valence-electron chi connectivity index (χ3n) is 7.13. The fraction of sp³-hybridized carbons (Fsp3) is 0.462. The Morgan fingerprint density at radius 3 is 2.50 bits per heavy atom. The van der Waals surface area contributed by atoms with E-state index in [1.54, 1.807) is 18.3 Å². The molecular weight excluding hydrogens is 655 g/mol. The molecule has 3 aromatic rings. The van der Waals surface area contributed by atoms with Crippen molar-refractivity contribution < 1.29 is 35.9 Å². The summed E-state index contributed by atoms with van der Waals surface area (Å²) in [6, 6.07) is 4.88. The van der Waals surface area contributed by atoms with Crippen molar-refractivity contribution in [2.45, 2.75) is 32.1 Å². The van der Waals surface area contributed by atoms with E-state index >= 15 is 0 Å². The second-order valence-electron chi connectivity index (χ2n) is 10.1. The minimum absolute atomic E-state index is 0.0163. The summed E-state index contributed by atoms with van der Waals surface area (Å²) in [5, 5.41) is 2.82. The van der Waals surface area contributed by atoms with Crippen molar-refractivity contribution in [2.75, 3.05) is 49.6 Å². The molecule has 1 N–H and O–H groups in total. The van der Waals surface area contributed by atoms with E-state index in [1.807, 2.05) is 17.9 Å². The van der Waals surface area contributed by atoms with Gasteiger partial charge in [-0.2, -0.15) is 26.3 Å². The molecule has 5 rings (SSSR count). The lowest BCUT2D eigenvalue weighted by molar-refractivity contribution is -0.143. The van der Waals surface area contributed by atoms with Crippen molar-refractivity contribution in [1.82, 2.24) is 14.3 Å². The zero-order chi connectivity index (χ0) is 28.8. The number of carbonyl (C=O) groups excluding carboxylic acids is 1. The Bertz CT molecular complexity index is 1420. The van der Waals surface area contributed by atoms with Gasteiger partial charge in [0, 0.05) is 54.1 Å². The van der Waals surface area contributed by atoms with Crippen LogP contribution in [-0.4, -0.2) is 65.9 Å². The van der Waals surface area contributed by atoms with E-state index < -0.39 is 36.4 Å². The first kappa shape index (κ1) is 28.8. The molecule has 1 aromatic carbocycles. The summed E-state index contributed by atoms with van der Waals surface area (Å²) in [5.74, 6) is -0.638. The zero-order valence-electron chi connectivity index (χ0n) is 21.4. The number of amides is 2. The van der Waals surface area contributed by atoms with Crippen molar-refractivity contribution in [3.8, 4) is 11.1 Å². The number of urea groups is 1. The molecular formula is C26H26F6IN5O2. The predicted octanol–water partition coefficient (Wildman–Crippen LogP) is 6.58. The van der Waals surface area contributed by atoms with Gasteiger partial charge < -0.3 is 24.3 Å². The first-order chi connectivity index (χ1) is 18.8. The summed E-state index contributed by atoms with van der Waals surface area (Å²) in [4.78, 5) is 20.1. The lowest BCUT2D eigenvalue weighted by Crippen LogP contribution is -2.36. The van der Waals surface area contributed by atoms with Gasteiger partial charge in [-0.1, -0.05) is 0 Å². The second-order valence-corrected chi connectivity index (χ2v) is 11.2. The molecule has 7 nitrogen and oxygen atoms in total. The fourth-order valence-corrected chi connectivity index (χ4v) is 5.94. The van der Waals surface area contributed by atoms with E-state index in [1.165, 1.54) is 9.30 Å². The topological polar surface area (TPSA) is 62.1 Å². The molecule has 1 atom stereocenters. The molecule has 4 heterocycles. The second kappa shape index (κ2) is 10.9. The molecule has 2 amide bonds. The summed E-state index contributed by atoms with van der Waals surface area (Å²) in [6.45, 7) is 3.95. The van der Waals surface area contributed by atoms with Gasteiger partial charge in [-0.25, -0.2) is 9.78 Å². The molecule has 0 saturated carbocycles. The highest BCUT2D eigenvalue weighted by Crippen LogP contribution is 2.37. The maximum Gasteiger partial charge on any atom is 0.434 e. The van der Waals surface area contributed by atoms with Crippen LogP contribution in [0.3, 0.4) is 0 Å². The molecule has 0 radical (unpaired) electrons. The number of fused-ring (bicyclic) bond motifs is 1. The molecule has 2 aromatic heterocycles. The number of rotatable bonds is 4. The van der Waals surface area contributed by atoms with E-state index in [9.17, 15) is 31.1 Å². The zero-order valence-corrected chi connectivity index (χ0v) is 23.5. The largest absolute Gasteiger partial charge is 0.434 e. The number of likely N-dealkylation sites (tertiary alicyclic amines) is 1. The Labute approximate surface area is 239 Å². The number of anilines is 2. The number of ether oxygens (including phenoxy) is 1. The van der Waals surface area contributed by atoms with Gasteiger partial charge in [0.05, 0.1) is 24.6 Å². The molecule has 40 heavy (non-hydrogen) atoms. The standard InChI is InChI=1S/C26H26F6IN5O2/c1-15-8-19(33)20(34-24(39)37-3-2-16(12-37)11-25(27,28)29)10-18(15)17-9-21(36-4-6-40-7-5-36)23-35-22(26(30,31)32)14-38(23)13-17/h8-10,13-14,16H,2-7,11-12H2,1H3,(H,34,39)/t16-/m0/s1. The number of alkyl halides is 6. The van der Waals surface area contributed by atoms with Gasteiger partial charge in [-0.15, -0.1) is 0 Å². The average molecular weight is 681 g/mol. The number of halogens is 7. The van der Waals surface area contributed by atoms with Gasteiger partial charge in [0.2, 0.25) is 0 Å². The molecule has 14 heteroatoms. The smallest absolute Gasteiger partial charge is 0.378 e. The maximum atomic E-state index is 13.5. The highest BCUT2D eigenvalue weighted by atomic mass is 127. The highest BCUT2D eigenvalue weighted by molar-refractivity contribution is 14.1. The first-order valence-corrected chi connectivity index (χ1v) is 13.7. The molecule has 0 unspecified atom stereocenters. The number of nitrogens with one attached hydrogen (secondary N) is 1. The van der Waals surface area contributed by atoms with E-state index in [-0.39, 0.29) is 25.2 Å². The Balaban J connectivity index is 1.48. The number of hydrogen-bond acceptors (Lipinski definition) is 4. The summed E-state index contributed by atoms with van der Waals surface area (Å²) in [5.41, 5.74) is 2.31. The number of benzene rings is 1. The number of pyridine rings is 1. The molecule has 0 aliphatic carbocycles. The molecule has 2 fully saturated rings. The number of imidazole rings is 1. The van der Waals surface area contributed by atoms with Gasteiger partial charge in [0.15, 0.2) is 11.3 Å². The quantitative estimate of drug-likeness (QED) is 0.250. The number of carbonyl (C=O) groups is 1. The van der Waals surface area contributed by atoms with Gasteiger partial charge in [-0.05, 0) is 71.2 Å². The highest BCUT2D eigenvalue weighted by Gasteiger charge is 2.37. The molecule has 2 aliphatic heterocycles. The average Bonchev–Trinajstić information content (AvgIpc) is 3.52. The number of aromatic nitrogens is 2. The van der Waals surface area contributed by atoms with Crippen LogP contribution >= 0.6 is 22.6 Å². The number of morpholine rings is 1. The Morgan fingerprint density at radius 1 is 1.10 bits per heavy atom. The SMILES string of the molecule is Cc1cc(I)c(NC(=O)N2CC[C@@H](CC(F)(F)F)C2)cc1-c1cc(N2CCOCC2)c2nc(C(F)(F)F)cn2c1. The van der Waals surface area contributed by atoms with Crippen LogP contribution < -0.4 is 10.2 Å². The Hall–Kier alpha value is -2.75. The summed E-state index contributed by atoms with van der Waals surface area (Å²) < 4.78 is 86.5. The molecule has 0 spiro atoms. The summed E-state index contributed by atoms with van der Waals surface area (Å²) >= 11 is 2.06. The van der Waals surface area contributed by atoms with Crippen LogP contribution in [0.4, 0.5) is 42.5 Å². The summed E-state index contributed by atoms with van der Waals surface area (Å²) in [6.07, 6.45) is -7.02. The summed E-state index contributed by atoms with van der Waals surface area (Å²) in [7, 11) is 0. The van der Waals surface area contributed by atoms with Crippen molar-refractivity contribution in [1.29, 1.82) is 0 Å². The van der Waals surface area contributed by atoms with E-state index in [4.69, 9.17) is 4.74 Å². The number of hydrogen-bond donors (Lipinski definition) is 1. The Kier molecular flexibility index (Phi) is 7.85. The van der Waals surface area contributed by atoms with Crippen LogP contribution in [-0.2, 0) is 10.9 Å². The lowest BCUT2D eigenvalue weighted by atomic mass is 10.0. The van der Waals surface area contributed by atoms with Crippen molar-refractivity contribution in [3.63, 3.8) is 0 Å². The predicted molar refractivity (Wildman–Crippen MR) is 145 cm³/mol. The third kappa shape index (κ3) is 6.26. The van der Waals surface area contributed by atoms with Gasteiger partial charge in [0.25, 0.3) is 0 Å². The van der Waals surface area contributed by atoms with Gasteiger partial charge >= 0.3 is 18.4 Å².